The van der Waals surface area contributed by atoms with E-state index in [9.17, 15) is 0 Å². The summed E-state index contributed by atoms with van der Waals surface area (Å²) in [5, 5.41) is 4.99. The molecule has 1 aliphatic carbocycles. The van der Waals surface area contributed by atoms with Gasteiger partial charge < -0.3 is 75.8 Å². The lowest BCUT2D eigenvalue weighted by Gasteiger charge is -2.51. The number of hydrogen-bond donors (Lipinski definition) is 0. The van der Waals surface area contributed by atoms with Crippen molar-refractivity contribution in [3.63, 3.8) is 0 Å². The Bertz CT molecular complexity index is 5470. The summed E-state index contributed by atoms with van der Waals surface area (Å²) >= 11 is 2.87. The van der Waals surface area contributed by atoms with Crippen LogP contribution in [-0.2, 0) is 160 Å². The van der Waals surface area contributed by atoms with E-state index in [1.807, 2.05) is 156 Å². The summed E-state index contributed by atoms with van der Waals surface area (Å²) in [6.45, 7) is 12.5. The molecular weight excluding hydrogens is 1740 g/mol. The Morgan fingerprint density at radius 2 is 0.522 bits per heavy atom. The minimum atomic E-state index is -1.76. The molecule has 20 heteroatoms. The molecule has 0 unspecified atom stereocenters. The van der Waals surface area contributed by atoms with Crippen LogP contribution in [0.4, 0.5) is 0 Å². The third-order valence-electron chi connectivity index (χ3n) is 24.5. The smallest absolute Gasteiger partial charge is 0.252 e. The molecule has 10 atom stereocenters. The first-order valence-corrected chi connectivity index (χ1v) is 49.6. The van der Waals surface area contributed by atoms with Crippen LogP contribution >= 0.6 is 22.7 Å². The van der Waals surface area contributed by atoms with E-state index in [0.29, 0.717) is 75.3 Å². The Morgan fingerprint density at radius 3 is 0.779 bits per heavy atom. The first-order chi connectivity index (χ1) is 67.2. The van der Waals surface area contributed by atoms with E-state index < -0.39 is 60.4 Å². The van der Waals surface area contributed by atoms with Crippen molar-refractivity contribution >= 4 is 22.7 Å². The number of thiazole rings is 2. The standard InChI is InChI=1S/C116H122N2O16S2/c1-5-57-121-103-93-51-33-52-94(103)68-98-64-92(80-132-116(114-118-56-62-136-114)112(130-78-90-49-31-16-32-50-90)110(128-76-88-45-27-14-28-46-88)108(126-74-86-41-23-12-24-42-86)102(134-116)82-120-72-84-37-19-10-20-38-84)66-100(106(98)124-60-8-4)70-96-54-34-53-95(104(96)122-58-6-2)69-99-65-91(63-97(67-93)105(99)123-59-7-3)79-131-115(113-117-55-61-135-113)111(129-77-89-47-29-15-30-48-89)109(127-75-87-43-25-13-26-44-87)107(125-73-85-39-21-11-22-40-85)101(133-115)81-119-71-83-35-17-9-18-36-83/h9-56,61-66,101-102,107-112H,5-8,57-60,67-82H2,1-4H3/t101-,102-,107+,108+,109+,110+,111-,112-,115-,116-/m1/s1. The number of fused-ring (bicyclic) bond motifs is 8. The molecule has 136 heavy (non-hydrogen) atoms. The van der Waals surface area contributed by atoms with Crippen molar-refractivity contribution in [3.05, 3.63) is 437 Å². The van der Waals surface area contributed by atoms with E-state index in [1.165, 1.54) is 22.7 Å². The normalized spacial score (nSPS) is 19.8. The van der Waals surface area contributed by atoms with Gasteiger partial charge in [0.2, 0.25) is 0 Å². The summed E-state index contributed by atoms with van der Waals surface area (Å²) in [4.78, 5) is 10.4. The van der Waals surface area contributed by atoms with Gasteiger partial charge in [-0.15, -0.1) is 22.7 Å². The molecule has 0 radical (unpaired) electrons. The summed E-state index contributed by atoms with van der Waals surface area (Å²) in [6, 6.07) is 103. The van der Waals surface area contributed by atoms with Gasteiger partial charge in [-0.2, -0.15) is 0 Å². The van der Waals surface area contributed by atoms with Crippen LogP contribution in [0.3, 0.4) is 0 Å². The van der Waals surface area contributed by atoms with Gasteiger partial charge in [0.05, 0.1) is 106 Å². The predicted molar refractivity (Wildman–Crippen MR) is 529 cm³/mol. The highest BCUT2D eigenvalue weighted by Crippen LogP contribution is 2.50. The Hall–Kier alpha value is -11.4. The number of hydrogen-bond acceptors (Lipinski definition) is 20. The highest BCUT2D eigenvalue weighted by molar-refractivity contribution is 7.10. The molecule has 0 amide bonds. The van der Waals surface area contributed by atoms with E-state index in [4.69, 9.17) is 85.8 Å². The van der Waals surface area contributed by atoms with E-state index in [0.717, 1.165) is 149 Å². The molecule has 4 heterocycles. The largest absolute Gasteiger partial charge is 0.493 e. The number of aromatic nitrogens is 2. The molecule has 0 spiro atoms. The van der Waals surface area contributed by atoms with Crippen molar-refractivity contribution in [1.82, 2.24) is 9.97 Å². The number of nitrogens with zero attached hydrogens (tertiary/aromatic N) is 2. The summed E-state index contributed by atoms with van der Waals surface area (Å²) in [6.07, 6.45) is 1.33. The Balaban J connectivity index is 0.790. The van der Waals surface area contributed by atoms with Gasteiger partial charge in [-0.05, 0) is 150 Å². The van der Waals surface area contributed by atoms with Gasteiger partial charge in [0.1, 0.15) is 71.8 Å². The van der Waals surface area contributed by atoms with Crippen LogP contribution in [-0.4, -0.2) is 98.4 Å². The molecule has 17 rings (SSSR count). The maximum absolute atomic E-state index is 7.91. The monoisotopic (exact) mass is 1860 g/mol. The molecule has 0 saturated carbocycles. The molecule has 2 aliphatic heterocycles. The van der Waals surface area contributed by atoms with Crippen LogP contribution in [0, 0.1) is 0 Å². The van der Waals surface area contributed by atoms with Crippen LogP contribution in [0.2, 0.25) is 0 Å². The van der Waals surface area contributed by atoms with Gasteiger partial charge in [0.15, 0.2) is 10.0 Å². The van der Waals surface area contributed by atoms with Crippen LogP contribution in [0.1, 0.15) is 164 Å². The zero-order chi connectivity index (χ0) is 92.8. The van der Waals surface area contributed by atoms with Gasteiger partial charge in [-0.1, -0.05) is 307 Å². The van der Waals surface area contributed by atoms with Crippen molar-refractivity contribution in [1.29, 1.82) is 0 Å². The number of rotatable bonds is 46. The fourth-order valence-corrected chi connectivity index (χ4v) is 19.6. The fourth-order valence-electron chi connectivity index (χ4n) is 18.1. The second-order valence-electron chi connectivity index (χ2n) is 34.8. The lowest BCUT2D eigenvalue weighted by molar-refractivity contribution is -0.394. The van der Waals surface area contributed by atoms with Crippen molar-refractivity contribution in [2.75, 3.05) is 39.6 Å². The van der Waals surface area contributed by atoms with Gasteiger partial charge in [0, 0.05) is 48.8 Å². The first-order valence-electron chi connectivity index (χ1n) is 47.8. The Morgan fingerprint density at radius 1 is 0.272 bits per heavy atom. The van der Waals surface area contributed by atoms with Crippen LogP contribution in [0.5, 0.6) is 23.0 Å². The topological polar surface area (TPSA) is 173 Å². The summed E-state index contributed by atoms with van der Waals surface area (Å²) < 4.78 is 119. The molecule has 704 valence electrons. The molecule has 14 aromatic rings. The zero-order valence-corrected chi connectivity index (χ0v) is 79.6. The minimum absolute atomic E-state index is 0.00553. The zero-order valence-electron chi connectivity index (χ0n) is 78.0. The lowest BCUT2D eigenvalue weighted by Crippen LogP contribution is -2.66. The van der Waals surface area contributed by atoms with Crippen LogP contribution in [0.25, 0.3) is 0 Å². The third-order valence-corrected chi connectivity index (χ3v) is 26.2. The predicted octanol–water partition coefficient (Wildman–Crippen LogP) is 23.9. The average Bonchev–Trinajstić information content (AvgIpc) is 1.20. The van der Waals surface area contributed by atoms with E-state index >= 15 is 0 Å². The first kappa shape index (κ1) is 96.3. The maximum atomic E-state index is 7.91. The number of para-hydroxylation sites is 2. The van der Waals surface area contributed by atoms with Gasteiger partial charge >= 0.3 is 0 Å². The van der Waals surface area contributed by atoms with Crippen molar-refractivity contribution in [3.8, 4) is 23.0 Å². The molecule has 12 aromatic carbocycles. The molecule has 0 N–H and O–H groups in total. The highest BCUT2D eigenvalue weighted by atomic mass is 32.1. The van der Waals surface area contributed by atoms with E-state index in [2.05, 4.69) is 185 Å². The van der Waals surface area contributed by atoms with Crippen LogP contribution in [0.15, 0.2) is 326 Å². The SMILES string of the molecule is CCCOc1c2cccc1Cc1cc(CO[C@@]3(c4nccs4)O[C@H](COCc4ccccc4)[C@H](OCc4ccccc4)[C@H](OCc4ccccc4)[C@H]3OCc3ccccc3)cc(c1OCCC)Cc1cccc(c1OCCC)Cc1cc(CO[C@@]3(c4nccs4)O[C@H](COCc4ccccc4)[C@H](OCc4ccccc4)[C@H](OCc4ccccc4)[C@H]3OCc3ccccc3)cc(c1OCCC)C2. The van der Waals surface area contributed by atoms with Crippen LogP contribution < -0.4 is 18.9 Å². The fraction of sp³-hybridized carbons (Fsp3) is 0.328. The third kappa shape index (κ3) is 24.8. The minimum Gasteiger partial charge on any atom is -0.493 e. The van der Waals surface area contributed by atoms with Crippen molar-refractivity contribution < 1.29 is 75.8 Å². The lowest BCUT2D eigenvalue weighted by atomic mass is 9.89. The molecule has 3 aliphatic rings. The molecule has 18 nitrogen and oxygen atoms in total. The number of ether oxygens (including phenoxy) is 16. The summed E-state index contributed by atoms with van der Waals surface area (Å²) in [7, 11) is 0. The highest BCUT2D eigenvalue weighted by Gasteiger charge is 2.62. The van der Waals surface area contributed by atoms with E-state index in [-0.39, 0.29) is 66.1 Å². The molecule has 2 saturated heterocycles. The quantitative estimate of drug-likeness (QED) is 0.0352. The van der Waals surface area contributed by atoms with Gasteiger partial charge in [-0.3, -0.25) is 0 Å². The molecule has 2 fully saturated rings. The number of benzene rings is 12. The molecular formula is C116H122N2O16S2. The summed E-state index contributed by atoms with van der Waals surface area (Å²) in [5.74, 6) is -0.416. The second-order valence-corrected chi connectivity index (χ2v) is 36.6. The average molecular weight is 1860 g/mol. The second kappa shape index (κ2) is 49.1. The maximum Gasteiger partial charge on any atom is 0.252 e. The van der Waals surface area contributed by atoms with Gasteiger partial charge in [0.25, 0.3) is 11.6 Å². The molecule has 8 bridgehead atoms. The van der Waals surface area contributed by atoms with Crippen molar-refractivity contribution in [2.24, 2.45) is 0 Å². The summed E-state index contributed by atoms with van der Waals surface area (Å²) in [5.41, 5.74) is 17.1. The van der Waals surface area contributed by atoms with Gasteiger partial charge in [-0.25, -0.2) is 9.97 Å². The van der Waals surface area contributed by atoms with Crippen molar-refractivity contribution in [2.45, 2.75) is 206 Å². The van der Waals surface area contributed by atoms with E-state index in [1.54, 1.807) is 12.4 Å². The molecule has 2 aromatic heterocycles. The Labute approximate surface area is 808 Å². The Kier molecular flexibility index (Phi) is 34.8.